The van der Waals surface area contributed by atoms with E-state index in [4.69, 9.17) is 0 Å². The highest BCUT2D eigenvalue weighted by molar-refractivity contribution is 5.99. The molecule has 4 aromatic rings. The third-order valence-corrected chi connectivity index (χ3v) is 4.57. The van der Waals surface area contributed by atoms with Gasteiger partial charge in [-0.2, -0.15) is 0 Å². The molecule has 4 rings (SSSR count). The van der Waals surface area contributed by atoms with E-state index in [1.54, 1.807) is 25.4 Å². The summed E-state index contributed by atoms with van der Waals surface area (Å²) in [6, 6.07) is 11.1. The van der Waals surface area contributed by atoms with Crippen molar-refractivity contribution < 1.29 is 9.90 Å². The summed E-state index contributed by atoms with van der Waals surface area (Å²) in [7, 11) is 0. The van der Waals surface area contributed by atoms with Gasteiger partial charge in [0.05, 0.1) is 36.1 Å². The Balaban J connectivity index is 1.51. The highest BCUT2D eigenvalue weighted by Crippen LogP contribution is 2.24. The molecular formula is C22H22N6O2. The Labute approximate surface area is 173 Å². The zero-order chi connectivity index (χ0) is 21.1. The Kier molecular flexibility index (Phi) is 5.40. The standard InChI is InChI=1S/C22H22N6O2/c1-14-3-5-18(10-24-14)25-22(30)27-21-12-23-11-19(26-21)16-4-6-20-17(9-16)7-8-28(20)13-15(2)29/h3-12,15,29H,13H2,1-2H3,(H2,25,26,27,30). The zero-order valence-electron chi connectivity index (χ0n) is 16.7. The highest BCUT2D eigenvalue weighted by Gasteiger charge is 2.09. The van der Waals surface area contributed by atoms with Gasteiger partial charge in [-0.25, -0.2) is 9.78 Å². The van der Waals surface area contributed by atoms with E-state index in [0.717, 1.165) is 22.2 Å². The number of amides is 2. The summed E-state index contributed by atoms with van der Waals surface area (Å²) in [6.45, 7) is 4.18. The van der Waals surface area contributed by atoms with Gasteiger partial charge in [0.1, 0.15) is 0 Å². The minimum atomic E-state index is -0.421. The van der Waals surface area contributed by atoms with Gasteiger partial charge in [-0.15, -0.1) is 0 Å². The van der Waals surface area contributed by atoms with Crippen molar-refractivity contribution in [2.75, 3.05) is 10.6 Å². The lowest BCUT2D eigenvalue weighted by Gasteiger charge is -2.09. The second-order valence-electron chi connectivity index (χ2n) is 7.15. The second-order valence-corrected chi connectivity index (χ2v) is 7.15. The Morgan fingerprint density at radius 1 is 1.13 bits per heavy atom. The lowest BCUT2D eigenvalue weighted by Crippen LogP contribution is -2.20. The van der Waals surface area contributed by atoms with E-state index in [1.165, 1.54) is 6.20 Å². The van der Waals surface area contributed by atoms with Crippen LogP contribution in [0.4, 0.5) is 16.3 Å². The molecule has 0 radical (unpaired) electrons. The summed E-state index contributed by atoms with van der Waals surface area (Å²) in [4.78, 5) is 25.1. The number of pyridine rings is 1. The number of aromatic nitrogens is 4. The number of rotatable bonds is 5. The molecule has 3 aromatic heterocycles. The quantitative estimate of drug-likeness (QED) is 0.471. The fourth-order valence-electron chi connectivity index (χ4n) is 3.19. The van der Waals surface area contributed by atoms with Gasteiger partial charge in [0, 0.05) is 34.9 Å². The van der Waals surface area contributed by atoms with Crippen LogP contribution in [0.5, 0.6) is 0 Å². The van der Waals surface area contributed by atoms with E-state index < -0.39 is 12.1 Å². The summed E-state index contributed by atoms with van der Waals surface area (Å²) >= 11 is 0. The number of aryl methyl sites for hydroxylation is 1. The molecule has 8 heteroatoms. The van der Waals surface area contributed by atoms with E-state index >= 15 is 0 Å². The minimum absolute atomic E-state index is 0.344. The number of anilines is 2. The Hall–Kier alpha value is -3.78. The molecule has 0 saturated carbocycles. The topological polar surface area (TPSA) is 105 Å². The SMILES string of the molecule is Cc1ccc(NC(=O)Nc2cncc(-c3ccc4c(ccn4CC(C)O)c3)n2)cn1. The molecule has 152 valence electrons. The van der Waals surface area contributed by atoms with Gasteiger partial charge in [-0.3, -0.25) is 15.3 Å². The molecule has 0 bridgehead atoms. The first-order valence-electron chi connectivity index (χ1n) is 9.58. The fraction of sp³-hybridized carbons (Fsp3) is 0.182. The molecule has 1 unspecified atom stereocenters. The Bertz CT molecular complexity index is 1180. The number of carbonyl (C=O) groups excluding carboxylic acids is 1. The van der Waals surface area contributed by atoms with Crippen LogP contribution in [-0.2, 0) is 6.54 Å². The van der Waals surface area contributed by atoms with Crippen LogP contribution in [0.25, 0.3) is 22.2 Å². The number of benzene rings is 1. The number of urea groups is 1. The first kappa shape index (κ1) is 19.5. The van der Waals surface area contributed by atoms with Crippen LogP contribution in [0.3, 0.4) is 0 Å². The van der Waals surface area contributed by atoms with Crippen molar-refractivity contribution in [1.82, 2.24) is 19.5 Å². The number of hydrogen-bond acceptors (Lipinski definition) is 5. The van der Waals surface area contributed by atoms with Crippen LogP contribution >= 0.6 is 0 Å². The van der Waals surface area contributed by atoms with Crippen LogP contribution in [0.2, 0.25) is 0 Å². The third kappa shape index (κ3) is 4.44. The van der Waals surface area contributed by atoms with Crippen LogP contribution in [0.1, 0.15) is 12.6 Å². The van der Waals surface area contributed by atoms with Crippen molar-refractivity contribution in [3.05, 3.63) is 66.9 Å². The maximum Gasteiger partial charge on any atom is 0.324 e. The molecule has 2 amide bonds. The van der Waals surface area contributed by atoms with Gasteiger partial charge in [0.25, 0.3) is 0 Å². The van der Waals surface area contributed by atoms with E-state index in [0.29, 0.717) is 23.7 Å². The predicted molar refractivity (Wildman–Crippen MR) is 116 cm³/mol. The van der Waals surface area contributed by atoms with E-state index in [9.17, 15) is 9.90 Å². The van der Waals surface area contributed by atoms with Crippen LogP contribution in [-0.4, -0.2) is 36.8 Å². The average molecular weight is 402 g/mol. The number of nitrogens with one attached hydrogen (secondary N) is 2. The van der Waals surface area contributed by atoms with E-state index in [1.807, 2.05) is 48.0 Å². The molecule has 3 N–H and O–H groups in total. The van der Waals surface area contributed by atoms with Gasteiger partial charge in [0.15, 0.2) is 5.82 Å². The monoisotopic (exact) mass is 402 g/mol. The van der Waals surface area contributed by atoms with Gasteiger partial charge < -0.3 is 15.0 Å². The lowest BCUT2D eigenvalue weighted by molar-refractivity contribution is 0.175. The molecule has 30 heavy (non-hydrogen) atoms. The van der Waals surface area contributed by atoms with Crippen molar-refractivity contribution in [2.45, 2.75) is 26.5 Å². The first-order chi connectivity index (χ1) is 14.5. The summed E-state index contributed by atoms with van der Waals surface area (Å²) in [5.41, 5.74) is 4.03. The third-order valence-electron chi connectivity index (χ3n) is 4.57. The molecule has 0 aliphatic rings. The van der Waals surface area contributed by atoms with E-state index in [-0.39, 0.29) is 0 Å². The summed E-state index contributed by atoms with van der Waals surface area (Å²) in [5.74, 6) is 0.344. The summed E-state index contributed by atoms with van der Waals surface area (Å²) in [6.07, 6.45) is 6.27. The predicted octanol–water partition coefficient (Wildman–Crippen LogP) is 3.83. The van der Waals surface area contributed by atoms with Crippen LogP contribution in [0.15, 0.2) is 61.2 Å². The Morgan fingerprint density at radius 3 is 2.77 bits per heavy atom. The number of aliphatic hydroxyl groups excluding tert-OH is 1. The van der Waals surface area contributed by atoms with Crippen molar-refractivity contribution in [2.24, 2.45) is 0 Å². The molecule has 0 aliphatic carbocycles. The zero-order valence-corrected chi connectivity index (χ0v) is 16.7. The van der Waals surface area contributed by atoms with Crippen molar-refractivity contribution in [3.63, 3.8) is 0 Å². The van der Waals surface area contributed by atoms with Crippen molar-refractivity contribution in [3.8, 4) is 11.3 Å². The van der Waals surface area contributed by atoms with Gasteiger partial charge >= 0.3 is 6.03 Å². The fourth-order valence-corrected chi connectivity index (χ4v) is 3.19. The molecule has 3 heterocycles. The largest absolute Gasteiger partial charge is 0.392 e. The van der Waals surface area contributed by atoms with Crippen molar-refractivity contribution >= 4 is 28.4 Å². The molecule has 1 aromatic carbocycles. The molecule has 8 nitrogen and oxygen atoms in total. The number of nitrogens with zero attached hydrogens (tertiary/aromatic N) is 4. The average Bonchev–Trinajstić information content (AvgIpc) is 3.11. The molecule has 0 saturated heterocycles. The van der Waals surface area contributed by atoms with Crippen molar-refractivity contribution in [1.29, 1.82) is 0 Å². The molecule has 0 fully saturated rings. The molecule has 0 aliphatic heterocycles. The summed E-state index contributed by atoms with van der Waals surface area (Å²) in [5, 5.41) is 16.1. The molecule has 1 atom stereocenters. The maximum absolute atomic E-state index is 12.2. The van der Waals surface area contributed by atoms with Crippen LogP contribution < -0.4 is 10.6 Å². The lowest BCUT2D eigenvalue weighted by atomic mass is 10.1. The highest BCUT2D eigenvalue weighted by atomic mass is 16.3. The smallest absolute Gasteiger partial charge is 0.324 e. The maximum atomic E-state index is 12.2. The molecular weight excluding hydrogens is 380 g/mol. The summed E-state index contributed by atoms with van der Waals surface area (Å²) < 4.78 is 2.01. The second kappa shape index (κ2) is 8.30. The molecule has 0 spiro atoms. The number of carbonyl (C=O) groups is 1. The minimum Gasteiger partial charge on any atom is -0.392 e. The normalized spacial score (nSPS) is 12.0. The van der Waals surface area contributed by atoms with E-state index in [2.05, 4.69) is 25.6 Å². The first-order valence-corrected chi connectivity index (χ1v) is 9.58. The van der Waals surface area contributed by atoms with Gasteiger partial charge in [0.2, 0.25) is 0 Å². The van der Waals surface area contributed by atoms with Gasteiger partial charge in [-0.05, 0) is 44.2 Å². The van der Waals surface area contributed by atoms with Crippen LogP contribution in [0, 0.1) is 6.92 Å². The number of fused-ring (bicyclic) bond motifs is 1. The number of hydrogen-bond donors (Lipinski definition) is 3. The number of aliphatic hydroxyl groups is 1. The van der Waals surface area contributed by atoms with Gasteiger partial charge in [-0.1, -0.05) is 6.07 Å². The Morgan fingerprint density at radius 2 is 2.00 bits per heavy atom.